The third kappa shape index (κ3) is 2.84. The summed E-state index contributed by atoms with van der Waals surface area (Å²) in [5.41, 5.74) is 1.00. The molecule has 2 heterocycles. The van der Waals surface area contributed by atoms with Crippen LogP contribution in [0.5, 0.6) is 0 Å². The van der Waals surface area contributed by atoms with Gasteiger partial charge in [0.2, 0.25) is 5.91 Å². The Morgan fingerprint density at radius 2 is 2.26 bits per heavy atom. The van der Waals surface area contributed by atoms with Crippen molar-refractivity contribution in [2.75, 3.05) is 13.1 Å². The minimum atomic E-state index is -4.43. The van der Waals surface area contributed by atoms with Gasteiger partial charge in [-0.05, 0) is 11.1 Å². The molecule has 0 aromatic heterocycles. The van der Waals surface area contributed by atoms with Gasteiger partial charge in [0.15, 0.2) is 0 Å². The van der Waals surface area contributed by atoms with Crippen LogP contribution in [-0.2, 0) is 4.79 Å². The third-order valence-electron chi connectivity index (χ3n) is 2.93. The van der Waals surface area contributed by atoms with Gasteiger partial charge in [-0.1, -0.05) is 6.08 Å². The average Bonchev–Trinajstić information content (AvgIpc) is 2.32. The Morgan fingerprint density at radius 1 is 1.53 bits per heavy atom. The number of amides is 1. The summed E-state index contributed by atoms with van der Waals surface area (Å²) in [6.07, 6.45) is -0.0753. The average molecular weight is 269 g/mol. The second-order valence-electron chi connectivity index (χ2n) is 4.29. The summed E-state index contributed by atoms with van der Waals surface area (Å²) < 4.78 is 37.1. The van der Waals surface area contributed by atoms with E-state index >= 15 is 0 Å². The first kappa shape index (κ1) is 13.3. The molecule has 2 rings (SSSR count). The minimum absolute atomic E-state index is 0.0229. The summed E-state index contributed by atoms with van der Waals surface area (Å²) in [6.45, 7) is -1.36. The number of hydrogen-bond donors (Lipinski definition) is 0. The standard InChI is InChI=1S/C12H10F3N3O/c13-12(14,15)7-18-4-2-9-6-17-5-8(1-3-16)10(9)11(18)19/h2,5-6,10H,1,4,7H2. The number of carbonyl (C=O) groups excluding carboxylic acids is 1. The predicted octanol–water partition coefficient (Wildman–Crippen LogP) is 1.82. The summed E-state index contributed by atoms with van der Waals surface area (Å²) in [7, 11) is 0. The Hall–Kier alpha value is -2.10. The van der Waals surface area contributed by atoms with Crippen molar-refractivity contribution < 1.29 is 18.0 Å². The van der Waals surface area contributed by atoms with Crippen LogP contribution in [0.2, 0.25) is 0 Å². The SMILES string of the molecule is N#CCC1=CN=CC2=CCN(CC(F)(F)F)C(=O)C21. The van der Waals surface area contributed by atoms with Crippen molar-refractivity contribution in [2.45, 2.75) is 12.6 Å². The van der Waals surface area contributed by atoms with Gasteiger partial charge in [0, 0.05) is 19.0 Å². The molecule has 1 amide bonds. The van der Waals surface area contributed by atoms with Crippen molar-refractivity contribution in [3.63, 3.8) is 0 Å². The van der Waals surface area contributed by atoms with Gasteiger partial charge in [-0.25, -0.2) is 0 Å². The van der Waals surface area contributed by atoms with Crippen LogP contribution in [0.1, 0.15) is 6.42 Å². The summed E-state index contributed by atoms with van der Waals surface area (Å²) >= 11 is 0. The molecule has 0 aromatic carbocycles. The summed E-state index contributed by atoms with van der Waals surface area (Å²) in [5.74, 6) is -1.42. The first-order valence-electron chi connectivity index (χ1n) is 5.57. The lowest BCUT2D eigenvalue weighted by Gasteiger charge is -2.33. The second-order valence-corrected chi connectivity index (χ2v) is 4.29. The normalized spacial score (nSPS) is 22.5. The number of rotatable bonds is 2. The van der Waals surface area contributed by atoms with E-state index < -0.39 is 24.5 Å². The van der Waals surface area contributed by atoms with E-state index in [2.05, 4.69) is 4.99 Å². The van der Waals surface area contributed by atoms with Crippen molar-refractivity contribution in [3.8, 4) is 6.07 Å². The molecule has 4 nitrogen and oxygen atoms in total. The number of nitrogens with zero attached hydrogens (tertiary/aromatic N) is 3. The zero-order valence-electron chi connectivity index (χ0n) is 9.81. The lowest BCUT2D eigenvalue weighted by molar-refractivity contribution is -0.162. The highest BCUT2D eigenvalue weighted by molar-refractivity contribution is 5.97. The molecule has 0 aliphatic carbocycles. The Bertz CT molecular complexity index is 525. The summed E-state index contributed by atoms with van der Waals surface area (Å²) in [5, 5.41) is 8.68. The van der Waals surface area contributed by atoms with E-state index in [0.29, 0.717) is 11.1 Å². The van der Waals surface area contributed by atoms with Crippen LogP contribution in [0.25, 0.3) is 0 Å². The number of halogens is 3. The lowest BCUT2D eigenvalue weighted by Crippen LogP contribution is -2.46. The molecule has 0 saturated carbocycles. The predicted molar refractivity (Wildman–Crippen MR) is 61.0 cm³/mol. The molecule has 1 atom stereocenters. The third-order valence-corrected chi connectivity index (χ3v) is 2.93. The van der Waals surface area contributed by atoms with Crippen molar-refractivity contribution >= 4 is 12.1 Å². The van der Waals surface area contributed by atoms with E-state index in [1.165, 1.54) is 12.4 Å². The molecule has 19 heavy (non-hydrogen) atoms. The van der Waals surface area contributed by atoms with Gasteiger partial charge in [-0.2, -0.15) is 18.4 Å². The molecule has 0 fully saturated rings. The number of fused-ring (bicyclic) bond motifs is 1. The van der Waals surface area contributed by atoms with Crippen LogP contribution in [0, 0.1) is 17.2 Å². The number of aliphatic imine (C=N–C) groups is 1. The molecule has 0 radical (unpaired) electrons. The van der Waals surface area contributed by atoms with E-state index in [-0.39, 0.29) is 13.0 Å². The number of nitriles is 1. The van der Waals surface area contributed by atoms with Gasteiger partial charge in [0.25, 0.3) is 0 Å². The fraction of sp³-hybridized carbons (Fsp3) is 0.417. The molecule has 1 unspecified atom stereocenters. The maximum Gasteiger partial charge on any atom is 0.406 e. The summed E-state index contributed by atoms with van der Waals surface area (Å²) in [4.78, 5) is 16.7. The van der Waals surface area contributed by atoms with Gasteiger partial charge in [-0.15, -0.1) is 0 Å². The Kier molecular flexibility index (Phi) is 3.42. The Balaban J connectivity index is 2.25. The van der Waals surface area contributed by atoms with Crippen LogP contribution in [0.4, 0.5) is 13.2 Å². The lowest BCUT2D eigenvalue weighted by atomic mass is 9.85. The zero-order chi connectivity index (χ0) is 14.0. The molecule has 0 N–H and O–H groups in total. The molecule has 2 aliphatic rings. The van der Waals surface area contributed by atoms with Crippen molar-refractivity contribution in [1.29, 1.82) is 5.26 Å². The van der Waals surface area contributed by atoms with Crippen molar-refractivity contribution in [1.82, 2.24) is 4.90 Å². The molecule has 2 aliphatic heterocycles. The van der Waals surface area contributed by atoms with Crippen LogP contribution < -0.4 is 0 Å². The van der Waals surface area contributed by atoms with Gasteiger partial charge in [0.1, 0.15) is 6.54 Å². The largest absolute Gasteiger partial charge is 0.406 e. The highest BCUT2D eigenvalue weighted by Gasteiger charge is 2.39. The Morgan fingerprint density at radius 3 is 2.89 bits per heavy atom. The van der Waals surface area contributed by atoms with Gasteiger partial charge >= 0.3 is 6.18 Å². The van der Waals surface area contributed by atoms with Gasteiger partial charge in [0.05, 0.1) is 18.4 Å². The van der Waals surface area contributed by atoms with E-state index in [0.717, 1.165) is 4.90 Å². The fourth-order valence-corrected chi connectivity index (χ4v) is 2.14. The number of hydrogen-bond acceptors (Lipinski definition) is 3. The van der Waals surface area contributed by atoms with Crippen LogP contribution >= 0.6 is 0 Å². The van der Waals surface area contributed by atoms with Crippen molar-refractivity contribution in [3.05, 3.63) is 23.4 Å². The van der Waals surface area contributed by atoms with E-state index in [4.69, 9.17) is 5.26 Å². The van der Waals surface area contributed by atoms with E-state index in [1.807, 2.05) is 6.07 Å². The van der Waals surface area contributed by atoms with Crippen LogP contribution in [-0.4, -0.2) is 36.3 Å². The van der Waals surface area contributed by atoms with E-state index in [9.17, 15) is 18.0 Å². The topological polar surface area (TPSA) is 56.5 Å². The minimum Gasteiger partial charge on any atom is -0.329 e. The van der Waals surface area contributed by atoms with Crippen LogP contribution in [0.3, 0.4) is 0 Å². The Labute approximate surface area is 107 Å². The molecular formula is C12H10F3N3O. The molecule has 0 aromatic rings. The monoisotopic (exact) mass is 269 g/mol. The van der Waals surface area contributed by atoms with Crippen molar-refractivity contribution in [2.24, 2.45) is 10.9 Å². The quantitative estimate of drug-likeness (QED) is 0.767. The second kappa shape index (κ2) is 4.88. The maximum atomic E-state index is 12.4. The molecule has 0 spiro atoms. The number of carbonyl (C=O) groups is 1. The molecule has 0 saturated heterocycles. The molecule has 100 valence electrons. The maximum absolute atomic E-state index is 12.4. The number of alkyl halides is 3. The molecular weight excluding hydrogens is 259 g/mol. The van der Waals surface area contributed by atoms with Gasteiger partial charge < -0.3 is 4.90 Å². The highest BCUT2D eigenvalue weighted by atomic mass is 19.4. The first-order chi connectivity index (χ1) is 8.92. The molecule has 7 heteroatoms. The first-order valence-corrected chi connectivity index (χ1v) is 5.57. The van der Waals surface area contributed by atoms with E-state index in [1.54, 1.807) is 6.08 Å². The van der Waals surface area contributed by atoms with Gasteiger partial charge in [-0.3, -0.25) is 9.79 Å². The smallest absolute Gasteiger partial charge is 0.329 e. The van der Waals surface area contributed by atoms with Crippen LogP contribution in [0.15, 0.2) is 28.4 Å². The summed E-state index contributed by atoms with van der Waals surface area (Å²) in [6, 6.07) is 1.89. The highest BCUT2D eigenvalue weighted by Crippen LogP contribution is 2.31. The zero-order valence-corrected chi connectivity index (χ0v) is 9.81. The fourth-order valence-electron chi connectivity index (χ4n) is 2.14. The molecule has 0 bridgehead atoms.